The minimum absolute atomic E-state index is 0.670. The van der Waals surface area contributed by atoms with E-state index in [1.54, 1.807) is 0 Å². The molecule has 0 amide bonds. The van der Waals surface area contributed by atoms with Crippen LogP contribution in [0.1, 0.15) is 0 Å². The maximum Gasteiger partial charge on any atom is 0.162 e. The molecule has 0 aliphatic rings. The van der Waals surface area contributed by atoms with Crippen molar-refractivity contribution in [2.24, 2.45) is 0 Å². The maximum absolute atomic E-state index is 6.25. The first-order chi connectivity index (χ1) is 21.8. The van der Waals surface area contributed by atoms with Crippen molar-refractivity contribution in [3.8, 4) is 39.6 Å². The average molecular weight is 564 g/mol. The topological polar surface area (TPSA) is 43.9 Å². The van der Waals surface area contributed by atoms with Gasteiger partial charge in [-0.05, 0) is 48.5 Å². The number of rotatable bonds is 4. The molecule has 0 spiro atoms. The summed E-state index contributed by atoms with van der Waals surface area (Å²) in [6, 6.07) is 52.5. The normalized spacial score (nSPS) is 11.6. The fourth-order valence-corrected chi connectivity index (χ4v) is 6.40. The van der Waals surface area contributed by atoms with E-state index in [1.807, 2.05) is 36.4 Å². The second-order valence-corrected chi connectivity index (χ2v) is 11.0. The smallest absolute Gasteiger partial charge is 0.162 e. The van der Waals surface area contributed by atoms with E-state index in [2.05, 4.69) is 120 Å². The molecule has 44 heavy (non-hydrogen) atoms. The van der Waals surface area contributed by atoms with E-state index in [0.717, 1.165) is 66.7 Å². The molecule has 206 valence electrons. The molecule has 0 saturated carbocycles. The van der Waals surface area contributed by atoms with Gasteiger partial charge in [0.05, 0.1) is 28.1 Å². The van der Waals surface area contributed by atoms with Crippen LogP contribution in [0.2, 0.25) is 0 Å². The predicted octanol–water partition coefficient (Wildman–Crippen LogP) is 10.5. The fraction of sp³-hybridized carbons (Fsp3) is 0. The van der Waals surface area contributed by atoms with Crippen LogP contribution in [0, 0.1) is 0 Å². The van der Waals surface area contributed by atoms with Crippen molar-refractivity contribution in [1.29, 1.82) is 0 Å². The van der Waals surface area contributed by atoms with E-state index in [-0.39, 0.29) is 0 Å². The molecular formula is C40H25N3O. The molecule has 6 aromatic carbocycles. The van der Waals surface area contributed by atoms with Crippen LogP contribution in [0.5, 0.6) is 0 Å². The van der Waals surface area contributed by atoms with Gasteiger partial charge in [0.1, 0.15) is 11.2 Å². The minimum atomic E-state index is 0.670. The second kappa shape index (κ2) is 9.79. The lowest BCUT2D eigenvalue weighted by molar-refractivity contribution is 0.669. The number of hydrogen-bond acceptors (Lipinski definition) is 3. The quantitative estimate of drug-likeness (QED) is 0.214. The van der Waals surface area contributed by atoms with Gasteiger partial charge in [-0.25, -0.2) is 9.97 Å². The van der Waals surface area contributed by atoms with Crippen LogP contribution in [-0.4, -0.2) is 14.5 Å². The van der Waals surface area contributed by atoms with Crippen LogP contribution in [0.3, 0.4) is 0 Å². The SMILES string of the molecule is c1ccc(-c2cc(-c3ccc4c(c3)oc3ccccc34)nc(-c3ccccc3-n3c4ccccc4c4ccccc43)n2)cc1. The standard InChI is InChI=1S/C40H25N3O/c1-2-12-26(13-3-1)33-25-34(27-22-23-31-30-16-7-11-21-38(30)44-39(31)24-27)42-40(41-33)32-17-6-10-20-37(32)43-35-18-8-4-14-28(35)29-15-5-9-19-36(29)43/h1-25H. The lowest BCUT2D eigenvalue weighted by Gasteiger charge is -2.15. The van der Waals surface area contributed by atoms with Gasteiger partial charge in [0.15, 0.2) is 5.82 Å². The molecule has 9 aromatic rings. The third-order valence-electron chi connectivity index (χ3n) is 8.44. The Hall–Kier alpha value is -6.00. The monoisotopic (exact) mass is 563 g/mol. The molecule has 0 atom stereocenters. The number of nitrogens with zero attached hydrogens (tertiary/aromatic N) is 3. The van der Waals surface area contributed by atoms with Crippen molar-refractivity contribution >= 4 is 43.7 Å². The summed E-state index contributed by atoms with van der Waals surface area (Å²) in [5, 5.41) is 4.65. The molecule has 0 radical (unpaired) electrons. The third-order valence-corrected chi connectivity index (χ3v) is 8.44. The average Bonchev–Trinajstić information content (AvgIpc) is 3.64. The van der Waals surface area contributed by atoms with Gasteiger partial charge >= 0.3 is 0 Å². The van der Waals surface area contributed by atoms with Crippen molar-refractivity contribution in [3.63, 3.8) is 0 Å². The Morgan fingerprint density at radius 1 is 0.432 bits per heavy atom. The first kappa shape index (κ1) is 24.6. The van der Waals surface area contributed by atoms with Gasteiger partial charge in [-0.2, -0.15) is 0 Å². The number of aromatic nitrogens is 3. The molecule has 0 bridgehead atoms. The first-order valence-electron chi connectivity index (χ1n) is 14.8. The second-order valence-electron chi connectivity index (χ2n) is 11.0. The van der Waals surface area contributed by atoms with Crippen molar-refractivity contribution in [1.82, 2.24) is 14.5 Å². The van der Waals surface area contributed by atoms with E-state index < -0.39 is 0 Å². The van der Waals surface area contributed by atoms with Crippen LogP contribution >= 0.6 is 0 Å². The van der Waals surface area contributed by atoms with Crippen molar-refractivity contribution < 1.29 is 4.42 Å². The van der Waals surface area contributed by atoms with Crippen molar-refractivity contribution in [2.75, 3.05) is 0 Å². The summed E-state index contributed by atoms with van der Waals surface area (Å²) < 4.78 is 8.58. The molecule has 4 heteroatoms. The van der Waals surface area contributed by atoms with Crippen LogP contribution in [0.15, 0.2) is 156 Å². The zero-order chi connectivity index (χ0) is 29.0. The summed E-state index contributed by atoms with van der Waals surface area (Å²) in [6.07, 6.45) is 0. The van der Waals surface area contributed by atoms with Gasteiger partial charge in [0, 0.05) is 38.2 Å². The lowest BCUT2D eigenvalue weighted by Crippen LogP contribution is -2.01. The number of para-hydroxylation sites is 4. The highest BCUT2D eigenvalue weighted by molar-refractivity contribution is 6.10. The number of furan rings is 1. The zero-order valence-electron chi connectivity index (χ0n) is 23.7. The molecule has 3 heterocycles. The molecule has 0 saturated heterocycles. The Balaban J connectivity index is 1.29. The minimum Gasteiger partial charge on any atom is -0.456 e. The molecule has 0 fully saturated rings. The van der Waals surface area contributed by atoms with E-state index in [9.17, 15) is 0 Å². The van der Waals surface area contributed by atoms with Crippen LogP contribution in [0.4, 0.5) is 0 Å². The van der Waals surface area contributed by atoms with E-state index >= 15 is 0 Å². The Morgan fingerprint density at radius 2 is 1.02 bits per heavy atom. The molecule has 4 nitrogen and oxygen atoms in total. The molecule has 3 aromatic heterocycles. The molecule has 0 aliphatic heterocycles. The Morgan fingerprint density at radius 3 is 1.80 bits per heavy atom. The summed E-state index contributed by atoms with van der Waals surface area (Å²) in [6.45, 7) is 0. The fourth-order valence-electron chi connectivity index (χ4n) is 6.40. The largest absolute Gasteiger partial charge is 0.456 e. The summed E-state index contributed by atoms with van der Waals surface area (Å²) >= 11 is 0. The van der Waals surface area contributed by atoms with Crippen LogP contribution in [-0.2, 0) is 0 Å². The maximum atomic E-state index is 6.25. The van der Waals surface area contributed by atoms with E-state index in [4.69, 9.17) is 14.4 Å². The first-order valence-corrected chi connectivity index (χ1v) is 14.8. The van der Waals surface area contributed by atoms with Gasteiger partial charge in [0.2, 0.25) is 0 Å². The number of fused-ring (bicyclic) bond motifs is 6. The van der Waals surface area contributed by atoms with Crippen molar-refractivity contribution in [2.45, 2.75) is 0 Å². The van der Waals surface area contributed by atoms with Gasteiger partial charge in [-0.3, -0.25) is 0 Å². The van der Waals surface area contributed by atoms with Crippen LogP contribution < -0.4 is 0 Å². The molecule has 9 rings (SSSR count). The van der Waals surface area contributed by atoms with E-state index in [1.165, 1.54) is 10.8 Å². The highest BCUT2D eigenvalue weighted by Gasteiger charge is 2.18. The number of benzene rings is 6. The van der Waals surface area contributed by atoms with Crippen LogP contribution in [0.25, 0.3) is 83.3 Å². The Bertz CT molecular complexity index is 2450. The highest BCUT2D eigenvalue weighted by Crippen LogP contribution is 2.37. The van der Waals surface area contributed by atoms with Gasteiger partial charge in [0.25, 0.3) is 0 Å². The third kappa shape index (κ3) is 3.85. The summed E-state index contributed by atoms with van der Waals surface area (Å²) in [5.41, 5.74) is 9.75. The van der Waals surface area contributed by atoms with E-state index in [0.29, 0.717) is 5.82 Å². The summed E-state index contributed by atoms with van der Waals surface area (Å²) in [7, 11) is 0. The Labute approximate surface area is 253 Å². The molecule has 0 N–H and O–H groups in total. The zero-order valence-corrected chi connectivity index (χ0v) is 23.7. The Kier molecular flexibility index (Phi) is 5.47. The number of hydrogen-bond donors (Lipinski definition) is 0. The van der Waals surface area contributed by atoms with Gasteiger partial charge < -0.3 is 8.98 Å². The predicted molar refractivity (Wildman–Crippen MR) is 180 cm³/mol. The molecule has 0 unspecified atom stereocenters. The highest BCUT2D eigenvalue weighted by atomic mass is 16.3. The summed E-state index contributed by atoms with van der Waals surface area (Å²) in [4.78, 5) is 10.4. The molecule has 0 aliphatic carbocycles. The van der Waals surface area contributed by atoms with Gasteiger partial charge in [-0.1, -0.05) is 103 Å². The molecular weight excluding hydrogens is 538 g/mol. The van der Waals surface area contributed by atoms with Crippen molar-refractivity contribution in [3.05, 3.63) is 152 Å². The summed E-state index contributed by atoms with van der Waals surface area (Å²) in [5.74, 6) is 0.670. The van der Waals surface area contributed by atoms with Gasteiger partial charge in [-0.15, -0.1) is 0 Å². The lowest BCUT2D eigenvalue weighted by atomic mass is 10.0.